The highest BCUT2D eigenvalue weighted by atomic mass is 16.1. The van der Waals surface area contributed by atoms with E-state index in [-0.39, 0.29) is 17.5 Å². The van der Waals surface area contributed by atoms with Crippen molar-refractivity contribution in [3.63, 3.8) is 0 Å². The first-order valence-corrected chi connectivity index (χ1v) is 8.55. The number of fused-ring (bicyclic) bond motifs is 1. The number of aryl methyl sites for hydroxylation is 1. The Balaban J connectivity index is 1.74. The van der Waals surface area contributed by atoms with Gasteiger partial charge in [0.15, 0.2) is 0 Å². The Morgan fingerprint density at radius 3 is 2.78 bits per heavy atom. The van der Waals surface area contributed by atoms with Crippen molar-refractivity contribution in [2.24, 2.45) is 0 Å². The number of nitriles is 1. The van der Waals surface area contributed by atoms with Crippen LogP contribution in [0.2, 0.25) is 0 Å². The molecule has 0 aromatic heterocycles. The molecular weight excluding hydrogens is 286 g/mol. The molecule has 2 aliphatic rings. The van der Waals surface area contributed by atoms with Crippen molar-refractivity contribution < 1.29 is 4.79 Å². The Bertz CT molecular complexity index is 638. The van der Waals surface area contributed by atoms with Gasteiger partial charge in [0.25, 0.3) is 5.91 Å². The molecule has 1 aliphatic carbocycles. The monoisotopic (exact) mass is 309 g/mol. The van der Waals surface area contributed by atoms with Gasteiger partial charge in [-0.15, -0.1) is 0 Å². The second kappa shape index (κ2) is 7.32. The van der Waals surface area contributed by atoms with E-state index in [2.05, 4.69) is 23.5 Å². The fraction of sp³-hybridized carbons (Fsp3) is 0.474. The maximum atomic E-state index is 12.4. The molecule has 0 radical (unpaired) electrons. The summed E-state index contributed by atoms with van der Waals surface area (Å²) in [5.41, 5.74) is 2.59. The van der Waals surface area contributed by atoms with Crippen LogP contribution in [0.5, 0.6) is 0 Å². The topological polar surface area (TPSA) is 56.1 Å². The number of amides is 1. The maximum Gasteiger partial charge on any atom is 0.263 e. The van der Waals surface area contributed by atoms with E-state index in [0.29, 0.717) is 0 Å². The first-order valence-electron chi connectivity index (χ1n) is 8.55. The van der Waals surface area contributed by atoms with Gasteiger partial charge in [-0.1, -0.05) is 37.5 Å². The van der Waals surface area contributed by atoms with Gasteiger partial charge in [0.1, 0.15) is 11.6 Å². The summed E-state index contributed by atoms with van der Waals surface area (Å²) in [6.07, 6.45) is 9.43. The van der Waals surface area contributed by atoms with Crippen molar-refractivity contribution in [3.8, 4) is 6.07 Å². The molecule has 4 nitrogen and oxygen atoms in total. The number of anilines is 1. The second-order valence-electron chi connectivity index (χ2n) is 6.39. The van der Waals surface area contributed by atoms with Crippen molar-refractivity contribution in [2.45, 2.75) is 51.0 Å². The summed E-state index contributed by atoms with van der Waals surface area (Å²) in [5, 5.41) is 12.4. The first-order chi connectivity index (χ1) is 11.3. The molecule has 1 aromatic rings. The number of nitrogens with one attached hydrogen (secondary N) is 1. The molecule has 4 heteroatoms. The average Bonchev–Trinajstić information content (AvgIpc) is 2.60. The van der Waals surface area contributed by atoms with Crippen molar-refractivity contribution >= 4 is 11.6 Å². The SMILES string of the molecule is N#C/C(=C/N1CCCc2ccccc21)C(=O)NC1CCCCC1. The molecule has 0 atom stereocenters. The van der Waals surface area contributed by atoms with E-state index in [0.717, 1.165) is 50.8 Å². The molecule has 1 amide bonds. The Labute approximate surface area is 137 Å². The van der Waals surface area contributed by atoms with E-state index in [1.54, 1.807) is 6.20 Å². The molecule has 0 bridgehead atoms. The molecule has 1 aromatic carbocycles. The third kappa shape index (κ3) is 3.73. The van der Waals surface area contributed by atoms with Gasteiger partial charge in [0.2, 0.25) is 0 Å². The van der Waals surface area contributed by atoms with Gasteiger partial charge in [-0.05, 0) is 37.3 Å². The Hall–Kier alpha value is -2.28. The minimum Gasteiger partial charge on any atom is -0.349 e. The number of para-hydroxylation sites is 1. The summed E-state index contributed by atoms with van der Waals surface area (Å²) in [4.78, 5) is 14.4. The van der Waals surface area contributed by atoms with E-state index in [1.807, 2.05) is 17.0 Å². The molecule has 1 saturated carbocycles. The third-order valence-electron chi connectivity index (χ3n) is 4.74. The fourth-order valence-electron chi connectivity index (χ4n) is 3.50. The van der Waals surface area contributed by atoms with E-state index in [4.69, 9.17) is 0 Å². The summed E-state index contributed by atoms with van der Waals surface area (Å²) < 4.78 is 0. The van der Waals surface area contributed by atoms with E-state index < -0.39 is 0 Å². The molecule has 120 valence electrons. The standard InChI is InChI=1S/C19H23N3O/c20-13-16(19(23)21-17-9-2-1-3-10-17)14-22-12-6-8-15-7-4-5-11-18(15)22/h4-5,7,11,14,17H,1-3,6,8-10,12H2,(H,21,23)/b16-14-. The number of hydrogen-bond donors (Lipinski definition) is 1. The highest BCUT2D eigenvalue weighted by Gasteiger charge is 2.20. The molecule has 1 N–H and O–H groups in total. The van der Waals surface area contributed by atoms with E-state index in [9.17, 15) is 10.1 Å². The first kappa shape index (κ1) is 15.6. The van der Waals surface area contributed by atoms with Crippen molar-refractivity contribution in [1.29, 1.82) is 5.26 Å². The van der Waals surface area contributed by atoms with Crippen LogP contribution in [0.1, 0.15) is 44.1 Å². The Morgan fingerprint density at radius 2 is 2.00 bits per heavy atom. The summed E-state index contributed by atoms with van der Waals surface area (Å²) >= 11 is 0. The lowest BCUT2D eigenvalue weighted by Gasteiger charge is -2.28. The minimum absolute atomic E-state index is 0.201. The number of nitrogens with zero attached hydrogens (tertiary/aromatic N) is 2. The van der Waals surface area contributed by atoms with Gasteiger partial charge in [-0.2, -0.15) is 5.26 Å². The van der Waals surface area contributed by atoms with Crippen molar-refractivity contribution in [2.75, 3.05) is 11.4 Å². The number of benzene rings is 1. The molecule has 0 unspecified atom stereocenters. The third-order valence-corrected chi connectivity index (χ3v) is 4.74. The van der Waals surface area contributed by atoms with Gasteiger partial charge in [0, 0.05) is 24.5 Å². The highest BCUT2D eigenvalue weighted by Crippen LogP contribution is 2.27. The van der Waals surface area contributed by atoms with Crippen LogP contribution in [0.3, 0.4) is 0 Å². The largest absolute Gasteiger partial charge is 0.349 e. The second-order valence-corrected chi connectivity index (χ2v) is 6.39. The summed E-state index contributed by atoms with van der Waals surface area (Å²) in [7, 11) is 0. The van der Waals surface area contributed by atoms with Crippen LogP contribution in [0.4, 0.5) is 5.69 Å². The molecule has 0 spiro atoms. The highest BCUT2D eigenvalue weighted by molar-refractivity contribution is 5.97. The van der Waals surface area contributed by atoms with Crippen molar-refractivity contribution in [3.05, 3.63) is 41.6 Å². The van der Waals surface area contributed by atoms with Crippen LogP contribution in [0.25, 0.3) is 0 Å². The van der Waals surface area contributed by atoms with Gasteiger partial charge in [0.05, 0.1) is 0 Å². The van der Waals surface area contributed by atoms with Crippen LogP contribution < -0.4 is 10.2 Å². The molecule has 1 heterocycles. The van der Waals surface area contributed by atoms with Gasteiger partial charge >= 0.3 is 0 Å². The van der Waals surface area contributed by atoms with E-state index >= 15 is 0 Å². The number of hydrogen-bond acceptors (Lipinski definition) is 3. The zero-order valence-electron chi connectivity index (χ0n) is 13.4. The Kier molecular flexibility index (Phi) is 4.97. The lowest BCUT2D eigenvalue weighted by Crippen LogP contribution is -2.37. The zero-order valence-corrected chi connectivity index (χ0v) is 13.4. The van der Waals surface area contributed by atoms with Crippen LogP contribution in [0.15, 0.2) is 36.0 Å². The molecule has 3 rings (SSSR count). The quantitative estimate of drug-likeness (QED) is 0.688. The molecule has 0 saturated heterocycles. The lowest BCUT2D eigenvalue weighted by atomic mass is 9.95. The van der Waals surface area contributed by atoms with Crippen LogP contribution >= 0.6 is 0 Å². The predicted molar refractivity (Wildman–Crippen MR) is 90.8 cm³/mol. The predicted octanol–water partition coefficient (Wildman–Crippen LogP) is 3.30. The summed E-state index contributed by atoms with van der Waals surface area (Å²) in [6.45, 7) is 0.846. The molecule has 1 aliphatic heterocycles. The average molecular weight is 309 g/mol. The van der Waals surface area contributed by atoms with E-state index in [1.165, 1.54) is 12.0 Å². The number of carbonyl (C=O) groups is 1. The van der Waals surface area contributed by atoms with Crippen LogP contribution in [0, 0.1) is 11.3 Å². The number of rotatable bonds is 3. The normalized spacial score (nSPS) is 18.9. The molecule has 1 fully saturated rings. The lowest BCUT2D eigenvalue weighted by molar-refractivity contribution is -0.118. The van der Waals surface area contributed by atoms with Crippen LogP contribution in [-0.4, -0.2) is 18.5 Å². The number of carbonyl (C=O) groups excluding carboxylic acids is 1. The van der Waals surface area contributed by atoms with Crippen LogP contribution in [-0.2, 0) is 11.2 Å². The van der Waals surface area contributed by atoms with Gasteiger partial charge < -0.3 is 10.2 Å². The van der Waals surface area contributed by atoms with Gasteiger partial charge in [-0.25, -0.2) is 0 Å². The van der Waals surface area contributed by atoms with Gasteiger partial charge in [-0.3, -0.25) is 4.79 Å². The molecule has 23 heavy (non-hydrogen) atoms. The fourth-order valence-corrected chi connectivity index (χ4v) is 3.50. The maximum absolute atomic E-state index is 12.4. The smallest absolute Gasteiger partial charge is 0.263 e. The van der Waals surface area contributed by atoms with Crippen molar-refractivity contribution in [1.82, 2.24) is 5.32 Å². The minimum atomic E-state index is -0.234. The summed E-state index contributed by atoms with van der Waals surface area (Å²) in [5.74, 6) is -0.234. The Morgan fingerprint density at radius 1 is 1.22 bits per heavy atom. The summed E-state index contributed by atoms with van der Waals surface area (Å²) in [6, 6.07) is 10.5. The molecular formula is C19H23N3O. The zero-order chi connectivity index (χ0) is 16.1.